The Balaban J connectivity index is 2.03. The summed E-state index contributed by atoms with van der Waals surface area (Å²) in [4.78, 5) is 31.0. The number of amides is 1. The van der Waals surface area contributed by atoms with Crippen LogP contribution in [0.2, 0.25) is 5.02 Å². The van der Waals surface area contributed by atoms with Crippen LogP contribution in [0, 0.1) is 5.41 Å². The van der Waals surface area contributed by atoms with E-state index in [2.05, 4.69) is 9.97 Å². The fourth-order valence-electron chi connectivity index (χ4n) is 2.99. The molecule has 3 rings (SSSR count). The molecule has 1 heterocycles. The normalized spacial score (nSPS) is 11.7. The van der Waals surface area contributed by atoms with Crippen molar-refractivity contribution in [3.63, 3.8) is 0 Å². The minimum Gasteiger partial charge on any atom is -0.369 e. The Labute approximate surface area is 176 Å². The second-order valence-electron chi connectivity index (χ2n) is 7.64. The first-order valence-corrected chi connectivity index (χ1v) is 9.53. The molecule has 1 aromatic heterocycles. The quantitative estimate of drug-likeness (QED) is 0.590. The zero-order chi connectivity index (χ0) is 22.1. The number of aromatic amines is 1. The molecule has 1 amide bonds. The number of halogens is 3. The van der Waals surface area contributed by atoms with Crippen molar-refractivity contribution in [3.05, 3.63) is 75.0 Å². The molecule has 0 bridgehead atoms. The van der Waals surface area contributed by atoms with E-state index in [0.717, 1.165) is 5.56 Å². The molecule has 0 aliphatic rings. The van der Waals surface area contributed by atoms with E-state index in [4.69, 9.17) is 17.3 Å². The SMILES string of the molecule is CC(C)(Cc1ccc(Cl)c(-c2nc(-c3ccc(C(F)F)cc3)cc(=O)[nH]2)c1)C(N)=O. The van der Waals surface area contributed by atoms with Gasteiger partial charge in [-0.05, 0) is 24.1 Å². The van der Waals surface area contributed by atoms with Gasteiger partial charge in [0.2, 0.25) is 5.91 Å². The molecule has 0 spiro atoms. The van der Waals surface area contributed by atoms with E-state index in [1.165, 1.54) is 30.3 Å². The highest BCUT2D eigenvalue weighted by molar-refractivity contribution is 6.33. The summed E-state index contributed by atoms with van der Waals surface area (Å²) >= 11 is 6.33. The van der Waals surface area contributed by atoms with Crippen molar-refractivity contribution in [2.24, 2.45) is 11.1 Å². The zero-order valence-electron chi connectivity index (χ0n) is 16.4. The van der Waals surface area contributed by atoms with Gasteiger partial charge in [-0.2, -0.15) is 0 Å². The average Bonchev–Trinajstić information content (AvgIpc) is 2.68. The van der Waals surface area contributed by atoms with Crippen molar-refractivity contribution >= 4 is 17.5 Å². The maximum Gasteiger partial charge on any atom is 0.263 e. The summed E-state index contributed by atoms with van der Waals surface area (Å²) in [5, 5.41) is 0.365. The van der Waals surface area contributed by atoms with Gasteiger partial charge in [0, 0.05) is 28.2 Å². The lowest BCUT2D eigenvalue weighted by atomic mass is 9.85. The van der Waals surface area contributed by atoms with Crippen molar-refractivity contribution in [1.29, 1.82) is 0 Å². The second kappa shape index (κ2) is 8.36. The molecule has 5 nitrogen and oxygen atoms in total. The molecular weight excluding hydrogens is 412 g/mol. The largest absolute Gasteiger partial charge is 0.369 e. The van der Waals surface area contributed by atoms with Gasteiger partial charge in [0.05, 0.1) is 10.7 Å². The highest BCUT2D eigenvalue weighted by atomic mass is 35.5. The topological polar surface area (TPSA) is 88.8 Å². The maximum absolute atomic E-state index is 12.8. The summed E-state index contributed by atoms with van der Waals surface area (Å²) in [6.07, 6.45) is -2.20. The minimum atomic E-state index is -2.58. The number of rotatable bonds is 6. The molecule has 0 unspecified atom stereocenters. The average molecular weight is 432 g/mol. The number of hydrogen-bond acceptors (Lipinski definition) is 3. The number of hydrogen-bond donors (Lipinski definition) is 2. The summed E-state index contributed by atoms with van der Waals surface area (Å²) in [5.74, 6) is -0.195. The van der Waals surface area contributed by atoms with Crippen molar-refractivity contribution < 1.29 is 13.6 Å². The van der Waals surface area contributed by atoms with Gasteiger partial charge in [-0.15, -0.1) is 0 Å². The molecule has 0 saturated carbocycles. The molecule has 0 fully saturated rings. The fourth-order valence-corrected chi connectivity index (χ4v) is 3.20. The third-order valence-corrected chi connectivity index (χ3v) is 5.13. The van der Waals surface area contributed by atoms with Crippen LogP contribution in [0.1, 0.15) is 31.4 Å². The first-order chi connectivity index (χ1) is 14.1. The Morgan fingerprint density at radius 1 is 1.17 bits per heavy atom. The summed E-state index contributed by atoms with van der Waals surface area (Å²) in [7, 11) is 0. The number of aromatic nitrogens is 2. The predicted octanol–water partition coefficient (Wildman–Crippen LogP) is 4.75. The second-order valence-corrected chi connectivity index (χ2v) is 8.05. The molecule has 8 heteroatoms. The third-order valence-electron chi connectivity index (χ3n) is 4.80. The van der Waals surface area contributed by atoms with E-state index in [1.54, 1.807) is 32.0 Å². The van der Waals surface area contributed by atoms with Crippen LogP contribution in [0.15, 0.2) is 53.3 Å². The lowest BCUT2D eigenvalue weighted by Crippen LogP contribution is -2.33. The summed E-state index contributed by atoms with van der Waals surface area (Å²) in [6, 6.07) is 12.0. The third kappa shape index (κ3) is 4.74. The number of nitrogens with zero attached hydrogens (tertiary/aromatic N) is 1. The highest BCUT2D eigenvalue weighted by Gasteiger charge is 2.25. The molecule has 0 saturated heterocycles. The van der Waals surface area contributed by atoms with Crippen molar-refractivity contribution in [2.75, 3.05) is 0 Å². The predicted molar refractivity (Wildman–Crippen MR) is 112 cm³/mol. The molecule has 0 aliphatic heterocycles. The maximum atomic E-state index is 12.8. The van der Waals surface area contributed by atoms with Crippen LogP contribution in [0.25, 0.3) is 22.6 Å². The van der Waals surface area contributed by atoms with Crippen LogP contribution < -0.4 is 11.3 Å². The van der Waals surface area contributed by atoms with Crippen molar-refractivity contribution in [2.45, 2.75) is 26.7 Å². The van der Waals surface area contributed by atoms with Crippen LogP contribution in [0.4, 0.5) is 8.78 Å². The number of nitrogens with one attached hydrogen (secondary N) is 1. The van der Waals surface area contributed by atoms with Gasteiger partial charge in [-0.25, -0.2) is 13.8 Å². The standard InChI is InChI=1S/C22H20ClF2N3O2/c1-22(2,21(26)30)11-12-3-8-16(23)15(9-12)20-27-17(10-18(29)28-20)13-4-6-14(7-5-13)19(24)25/h3-10,19H,11H2,1-2H3,(H2,26,30)(H,27,28,29). The smallest absolute Gasteiger partial charge is 0.263 e. The van der Waals surface area contributed by atoms with E-state index in [9.17, 15) is 18.4 Å². The molecule has 0 radical (unpaired) electrons. The number of nitrogens with two attached hydrogens (primary N) is 1. The van der Waals surface area contributed by atoms with Gasteiger partial charge in [-0.3, -0.25) is 9.59 Å². The van der Waals surface area contributed by atoms with Crippen molar-refractivity contribution in [3.8, 4) is 22.6 Å². The number of carbonyl (C=O) groups excluding carboxylic acids is 1. The molecule has 2 aromatic carbocycles. The number of primary amides is 1. The van der Waals surface area contributed by atoms with Gasteiger partial charge in [0.1, 0.15) is 5.82 Å². The van der Waals surface area contributed by atoms with Crippen LogP contribution in [-0.4, -0.2) is 15.9 Å². The molecule has 3 aromatic rings. The lowest BCUT2D eigenvalue weighted by Gasteiger charge is -2.20. The fraction of sp³-hybridized carbons (Fsp3) is 0.227. The molecule has 3 N–H and O–H groups in total. The highest BCUT2D eigenvalue weighted by Crippen LogP contribution is 2.30. The number of H-pyrrole nitrogens is 1. The van der Waals surface area contributed by atoms with Gasteiger partial charge in [0.15, 0.2) is 0 Å². The Morgan fingerprint density at radius 2 is 1.83 bits per heavy atom. The molecule has 0 aliphatic carbocycles. The van der Waals surface area contributed by atoms with E-state index < -0.39 is 23.3 Å². The molecule has 30 heavy (non-hydrogen) atoms. The first-order valence-electron chi connectivity index (χ1n) is 9.15. The van der Waals surface area contributed by atoms with E-state index >= 15 is 0 Å². The van der Waals surface area contributed by atoms with Crippen LogP contribution in [0.3, 0.4) is 0 Å². The summed E-state index contributed by atoms with van der Waals surface area (Å²) in [6.45, 7) is 3.49. The van der Waals surface area contributed by atoms with Crippen LogP contribution in [-0.2, 0) is 11.2 Å². The van der Waals surface area contributed by atoms with Crippen molar-refractivity contribution in [1.82, 2.24) is 9.97 Å². The Morgan fingerprint density at radius 3 is 2.43 bits per heavy atom. The Hall–Kier alpha value is -3.06. The lowest BCUT2D eigenvalue weighted by molar-refractivity contribution is -0.125. The number of alkyl halides is 2. The minimum absolute atomic E-state index is 0.114. The first kappa shape index (κ1) is 21.6. The summed E-state index contributed by atoms with van der Waals surface area (Å²) in [5.41, 5.74) is 6.30. The van der Waals surface area contributed by atoms with E-state index in [-0.39, 0.29) is 11.4 Å². The number of benzene rings is 2. The summed E-state index contributed by atoms with van der Waals surface area (Å²) < 4.78 is 25.6. The molecule has 156 valence electrons. The monoisotopic (exact) mass is 431 g/mol. The van der Waals surface area contributed by atoms with Gasteiger partial charge in [0.25, 0.3) is 12.0 Å². The molecule has 0 atom stereocenters. The van der Waals surface area contributed by atoms with Gasteiger partial charge >= 0.3 is 0 Å². The zero-order valence-corrected chi connectivity index (χ0v) is 17.1. The Bertz CT molecular complexity index is 1140. The van der Waals surface area contributed by atoms with Crippen LogP contribution >= 0.6 is 11.6 Å². The van der Waals surface area contributed by atoms with Gasteiger partial charge in [-0.1, -0.05) is 55.8 Å². The van der Waals surface area contributed by atoms with E-state index in [0.29, 0.717) is 28.3 Å². The van der Waals surface area contributed by atoms with E-state index in [1.807, 2.05) is 0 Å². The number of carbonyl (C=O) groups is 1. The molecular formula is C22H20ClF2N3O2. The van der Waals surface area contributed by atoms with Crippen LogP contribution in [0.5, 0.6) is 0 Å². The van der Waals surface area contributed by atoms with Gasteiger partial charge < -0.3 is 10.7 Å². The Kier molecular flexibility index (Phi) is 6.03.